The molecule has 0 aromatic heterocycles. The average Bonchev–Trinajstić information content (AvgIpc) is 2.87. The molecule has 1 unspecified atom stereocenters. The lowest BCUT2D eigenvalue weighted by Gasteiger charge is -2.22. The molecule has 1 fully saturated rings. The predicted octanol–water partition coefficient (Wildman–Crippen LogP) is 1.89. The largest absolute Gasteiger partial charge is 0.497 e. The van der Waals surface area contributed by atoms with Gasteiger partial charge in [-0.25, -0.2) is 0 Å². The summed E-state index contributed by atoms with van der Waals surface area (Å²) in [5.41, 5.74) is 1.15. The van der Waals surface area contributed by atoms with E-state index in [0.717, 1.165) is 36.8 Å². The highest BCUT2D eigenvalue weighted by atomic mass is 16.5. The van der Waals surface area contributed by atoms with E-state index in [-0.39, 0.29) is 0 Å². The fourth-order valence-corrected chi connectivity index (χ4v) is 2.48. The Morgan fingerprint density at radius 1 is 1.33 bits per heavy atom. The molecule has 0 saturated carbocycles. The van der Waals surface area contributed by atoms with Crippen molar-refractivity contribution in [3.05, 3.63) is 18.2 Å². The van der Waals surface area contributed by atoms with Gasteiger partial charge in [0.2, 0.25) is 0 Å². The van der Waals surface area contributed by atoms with Crippen LogP contribution in [0.4, 0.5) is 5.69 Å². The Bertz CT molecular complexity index is 395. The highest BCUT2D eigenvalue weighted by molar-refractivity contribution is 5.61. The quantitative estimate of drug-likeness (QED) is 0.865. The summed E-state index contributed by atoms with van der Waals surface area (Å²) < 4.78 is 10.7. The minimum Gasteiger partial charge on any atom is -0.497 e. The van der Waals surface area contributed by atoms with Crippen LogP contribution in [0, 0.1) is 0 Å². The summed E-state index contributed by atoms with van der Waals surface area (Å²) in [6.07, 6.45) is 1.18. The second kappa shape index (κ2) is 5.96. The number of nitrogens with one attached hydrogen (secondary N) is 1. The topological polar surface area (TPSA) is 33.7 Å². The lowest BCUT2D eigenvalue weighted by Crippen LogP contribution is -2.32. The summed E-state index contributed by atoms with van der Waals surface area (Å²) in [6.45, 7) is 5.28. The summed E-state index contributed by atoms with van der Waals surface area (Å²) in [6, 6.07) is 6.59. The highest BCUT2D eigenvalue weighted by Crippen LogP contribution is 2.33. The second-order valence-electron chi connectivity index (χ2n) is 4.53. The van der Waals surface area contributed by atoms with Gasteiger partial charge in [-0.15, -0.1) is 0 Å². The molecule has 0 bridgehead atoms. The van der Waals surface area contributed by atoms with E-state index in [4.69, 9.17) is 9.47 Å². The summed E-state index contributed by atoms with van der Waals surface area (Å²) in [4.78, 5) is 2.37. The van der Waals surface area contributed by atoms with Gasteiger partial charge in [-0.05, 0) is 25.1 Å². The highest BCUT2D eigenvalue weighted by Gasteiger charge is 2.23. The molecule has 2 rings (SSSR count). The van der Waals surface area contributed by atoms with Crippen molar-refractivity contribution in [2.75, 3.05) is 38.8 Å². The third-order valence-electron chi connectivity index (χ3n) is 3.41. The minimum atomic E-state index is 0.585. The lowest BCUT2D eigenvalue weighted by atomic mass is 10.2. The first-order valence-corrected chi connectivity index (χ1v) is 6.48. The van der Waals surface area contributed by atoms with Crippen LogP contribution in [0.2, 0.25) is 0 Å². The molecular weight excluding hydrogens is 228 g/mol. The van der Waals surface area contributed by atoms with Gasteiger partial charge in [0.05, 0.1) is 19.9 Å². The molecular formula is C14H22N2O2. The first-order valence-electron chi connectivity index (χ1n) is 6.48. The molecule has 0 spiro atoms. The summed E-state index contributed by atoms with van der Waals surface area (Å²) >= 11 is 0. The van der Waals surface area contributed by atoms with Crippen LogP contribution in [-0.2, 0) is 0 Å². The van der Waals surface area contributed by atoms with E-state index in [0.29, 0.717) is 6.04 Å². The van der Waals surface area contributed by atoms with Crippen molar-refractivity contribution >= 4 is 5.69 Å². The molecule has 1 aliphatic heterocycles. The van der Waals surface area contributed by atoms with Crippen LogP contribution < -0.4 is 19.7 Å². The smallest absolute Gasteiger partial charge is 0.145 e. The van der Waals surface area contributed by atoms with E-state index < -0.39 is 0 Å². The van der Waals surface area contributed by atoms with Crippen LogP contribution >= 0.6 is 0 Å². The van der Waals surface area contributed by atoms with Gasteiger partial charge in [0.1, 0.15) is 11.5 Å². The molecule has 1 saturated heterocycles. The third kappa shape index (κ3) is 2.70. The van der Waals surface area contributed by atoms with Gasteiger partial charge in [-0.2, -0.15) is 0 Å². The number of nitrogens with zero attached hydrogens (tertiary/aromatic N) is 1. The van der Waals surface area contributed by atoms with Crippen molar-refractivity contribution in [2.24, 2.45) is 0 Å². The number of methoxy groups -OCH3 is 2. The van der Waals surface area contributed by atoms with E-state index in [1.807, 2.05) is 12.1 Å². The zero-order valence-corrected chi connectivity index (χ0v) is 11.4. The molecule has 4 nitrogen and oxygen atoms in total. The van der Waals surface area contributed by atoms with Gasteiger partial charge in [-0.3, -0.25) is 0 Å². The number of hydrogen-bond acceptors (Lipinski definition) is 4. The van der Waals surface area contributed by atoms with Gasteiger partial charge < -0.3 is 19.7 Å². The standard InChI is InChI=1S/C14H22N2O2/c1-4-15-11-7-8-16(10-11)13-6-5-12(17-2)9-14(13)18-3/h5-6,9,11,15H,4,7-8,10H2,1-3H3. The Morgan fingerprint density at radius 2 is 2.17 bits per heavy atom. The summed E-state index contributed by atoms with van der Waals surface area (Å²) in [5, 5.41) is 3.50. The van der Waals surface area contributed by atoms with Crippen molar-refractivity contribution in [1.29, 1.82) is 0 Å². The van der Waals surface area contributed by atoms with Gasteiger partial charge >= 0.3 is 0 Å². The van der Waals surface area contributed by atoms with Crippen molar-refractivity contribution in [2.45, 2.75) is 19.4 Å². The van der Waals surface area contributed by atoms with Crippen LogP contribution in [0.25, 0.3) is 0 Å². The monoisotopic (exact) mass is 250 g/mol. The molecule has 100 valence electrons. The predicted molar refractivity (Wildman–Crippen MR) is 73.8 cm³/mol. The van der Waals surface area contributed by atoms with E-state index >= 15 is 0 Å². The molecule has 0 aliphatic carbocycles. The Labute approximate surface area is 109 Å². The van der Waals surface area contributed by atoms with Crippen LogP contribution in [0.1, 0.15) is 13.3 Å². The lowest BCUT2D eigenvalue weighted by molar-refractivity contribution is 0.394. The summed E-state index contributed by atoms with van der Waals surface area (Å²) in [5.74, 6) is 1.71. The molecule has 1 atom stereocenters. The molecule has 1 aromatic carbocycles. The van der Waals surface area contributed by atoms with Gasteiger partial charge in [0.25, 0.3) is 0 Å². The fourth-order valence-electron chi connectivity index (χ4n) is 2.48. The van der Waals surface area contributed by atoms with Crippen LogP contribution in [-0.4, -0.2) is 39.9 Å². The van der Waals surface area contributed by atoms with E-state index in [1.54, 1.807) is 14.2 Å². The zero-order valence-electron chi connectivity index (χ0n) is 11.4. The zero-order chi connectivity index (χ0) is 13.0. The van der Waals surface area contributed by atoms with E-state index in [9.17, 15) is 0 Å². The maximum absolute atomic E-state index is 5.45. The number of rotatable bonds is 5. The number of hydrogen-bond donors (Lipinski definition) is 1. The van der Waals surface area contributed by atoms with Crippen molar-refractivity contribution < 1.29 is 9.47 Å². The van der Waals surface area contributed by atoms with E-state index in [2.05, 4.69) is 23.2 Å². The average molecular weight is 250 g/mol. The molecule has 1 heterocycles. The van der Waals surface area contributed by atoms with Crippen molar-refractivity contribution in [3.63, 3.8) is 0 Å². The van der Waals surface area contributed by atoms with Crippen LogP contribution in [0.5, 0.6) is 11.5 Å². The van der Waals surface area contributed by atoms with Crippen LogP contribution in [0.15, 0.2) is 18.2 Å². The number of likely N-dealkylation sites (N-methyl/N-ethyl adjacent to an activating group) is 1. The SMILES string of the molecule is CCNC1CCN(c2ccc(OC)cc2OC)C1. The van der Waals surface area contributed by atoms with Crippen molar-refractivity contribution in [3.8, 4) is 11.5 Å². The molecule has 1 N–H and O–H groups in total. The van der Waals surface area contributed by atoms with Crippen molar-refractivity contribution in [1.82, 2.24) is 5.32 Å². The normalized spacial score (nSPS) is 19.1. The first kappa shape index (κ1) is 13.0. The molecule has 1 aliphatic rings. The van der Waals surface area contributed by atoms with Crippen LogP contribution in [0.3, 0.4) is 0 Å². The third-order valence-corrected chi connectivity index (χ3v) is 3.41. The molecule has 4 heteroatoms. The number of ether oxygens (including phenoxy) is 2. The Kier molecular flexibility index (Phi) is 4.31. The minimum absolute atomic E-state index is 0.585. The molecule has 0 amide bonds. The maximum atomic E-state index is 5.45. The Morgan fingerprint density at radius 3 is 2.83 bits per heavy atom. The fraction of sp³-hybridized carbons (Fsp3) is 0.571. The van der Waals surface area contributed by atoms with Gasteiger partial charge in [-0.1, -0.05) is 6.92 Å². The van der Waals surface area contributed by atoms with E-state index in [1.165, 1.54) is 6.42 Å². The number of benzene rings is 1. The van der Waals surface area contributed by atoms with Gasteiger partial charge in [0, 0.05) is 25.2 Å². The Hall–Kier alpha value is -1.42. The first-order chi connectivity index (χ1) is 8.78. The molecule has 18 heavy (non-hydrogen) atoms. The molecule has 0 radical (unpaired) electrons. The molecule has 1 aromatic rings. The summed E-state index contributed by atoms with van der Waals surface area (Å²) in [7, 11) is 3.38. The van der Waals surface area contributed by atoms with Gasteiger partial charge in [0.15, 0.2) is 0 Å². The Balaban J connectivity index is 2.13. The second-order valence-corrected chi connectivity index (χ2v) is 4.53. The maximum Gasteiger partial charge on any atom is 0.145 e. The number of anilines is 1.